The molecule has 106 valence electrons. The zero-order valence-corrected chi connectivity index (χ0v) is 11.1. The molecule has 0 unspecified atom stereocenters. The van der Waals surface area contributed by atoms with E-state index in [0.29, 0.717) is 0 Å². The van der Waals surface area contributed by atoms with Gasteiger partial charge in [-0.25, -0.2) is 4.39 Å². The molecular weight excluding hydrogens is 271 g/mol. The molecule has 1 heterocycles. The maximum atomic E-state index is 13.4. The highest BCUT2D eigenvalue weighted by Gasteiger charge is 2.10. The second-order valence-electron chi connectivity index (χ2n) is 4.20. The molecule has 21 heavy (non-hydrogen) atoms. The molecule has 0 aliphatic heterocycles. The summed E-state index contributed by atoms with van der Waals surface area (Å²) in [6.07, 6.45) is 2.37. The maximum Gasteiger partial charge on any atom is 0.254 e. The number of benzene rings is 1. The van der Waals surface area contributed by atoms with E-state index in [1.54, 1.807) is 12.1 Å². The van der Waals surface area contributed by atoms with Gasteiger partial charge in [-0.15, -0.1) is 0 Å². The van der Waals surface area contributed by atoms with Gasteiger partial charge in [0.05, 0.1) is 11.8 Å². The first-order valence-electron chi connectivity index (χ1n) is 6.27. The van der Waals surface area contributed by atoms with Crippen LogP contribution in [0.1, 0.15) is 21.5 Å². The van der Waals surface area contributed by atoms with Crippen LogP contribution in [0.5, 0.6) is 0 Å². The number of nitrogens with zero attached hydrogens (tertiary/aromatic N) is 1. The summed E-state index contributed by atoms with van der Waals surface area (Å²) in [5.74, 6) is 4.19. The van der Waals surface area contributed by atoms with Crippen molar-refractivity contribution < 1.29 is 14.3 Å². The van der Waals surface area contributed by atoms with Crippen molar-refractivity contribution in [2.45, 2.75) is 6.54 Å². The fourth-order valence-corrected chi connectivity index (χ4v) is 1.68. The molecule has 0 fully saturated rings. The van der Waals surface area contributed by atoms with Crippen molar-refractivity contribution >= 4 is 5.91 Å². The van der Waals surface area contributed by atoms with E-state index in [0.717, 1.165) is 17.3 Å². The molecule has 4 nitrogen and oxygen atoms in total. The van der Waals surface area contributed by atoms with Crippen LogP contribution >= 0.6 is 0 Å². The number of pyridine rings is 1. The summed E-state index contributed by atoms with van der Waals surface area (Å²) in [4.78, 5) is 15.4. The first-order chi connectivity index (χ1) is 10.2. The van der Waals surface area contributed by atoms with Crippen molar-refractivity contribution in [1.82, 2.24) is 10.3 Å². The molecule has 2 rings (SSSR count). The fraction of sp³-hybridized carbons (Fsp3) is 0.125. The monoisotopic (exact) mass is 284 g/mol. The molecule has 0 saturated heterocycles. The van der Waals surface area contributed by atoms with Crippen LogP contribution < -0.4 is 5.32 Å². The van der Waals surface area contributed by atoms with Gasteiger partial charge in [0.15, 0.2) is 5.82 Å². The average Bonchev–Trinajstić information content (AvgIpc) is 2.52. The minimum absolute atomic E-state index is 0.0320. The molecule has 1 amide bonds. The Morgan fingerprint density at radius 1 is 1.29 bits per heavy atom. The van der Waals surface area contributed by atoms with E-state index in [1.807, 2.05) is 12.1 Å². The Labute approximate surface area is 121 Å². The van der Waals surface area contributed by atoms with E-state index >= 15 is 0 Å². The summed E-state index contributed by atoms with van der Waals surface area (Å²) in [5, 5.41) is 11.2. The lowest BCUT2D eigenvalue weighted by molar-refractivity contribution is 0.0946. The lowest BCUT2D eigenvalue weighted by Crippen LogP contribution is -2.23. The van der Waals surface area contributed by atoms with E-state index in [2.05, 4.69) is 22.1 Å². The molecule has 0 atom stereocenters. The minimum Gasteiger partial charge on any atom is -0.384 e. The highest BCUT2D eigenvalue weighted by atomic mass is 19.1. The van der Waals surface area contributed by atoms with Gasteiger partial charge in [-0.2, -0.15) is 0 Å². The number of carbonyl (C=O) groups excluding carboxylic acids is 1. The fourth-order valence-electron chi connectivity index (χ4n) is 1.68. The summed E-state index contributed by atoms with van der Waals surface area (Å²) in [6, 6.07) is 8.53. The third-order valence-corrected chi connectivity index (χ3v) is 2.74. The van der Waals surface area contributed by atoms with Crippen LogP contribution in [-0.4, -0.2) is 22.6 Å². The van der Waals surface area contributed by atoms with Gasteiger partial charge < -0.3 is 10.4 Å². The highest BCUT2D eigenvalue weighted by Crippen LogP contribution is 2.06. The number of hydrogen-bond donors (Lipinski definition) is 2. The number of aromatic nitrogens is 1. The number of carbonyl (C=O) groups is 1. The van der Waals surface area contributed by atoms with E-state index < -0.39 is 11.7 Å². The number of rotatable bonds is 3. The van der Waals surface area contributed by atoms with Crippen molar-refractivity contribution in [3.05, 3.63) is 65.2 Å². The Morgan fingerprint density at radius 3 is 2.71 bits per heavy atom. The molecule has 1 aromatic carbocycles. The second-order valence-corrected chi connectivity index (χ2v) is 4.20. The number of nitrogens with one attached hydrogen (secondary N) is 1. The van der Waals surface area contributed by atoms with Crippen molar-refractivity contribution in [1.29, 1.82) is 0 Å². The topological polar surface area (TPSA) is 62.2 Å². The Morgan fingerprint density at radius 2 is 2.05 bits per heavy atom. The number of amides is 1. The first-order valence-corrected chi connectivity index (χ1v) is 6.27. The maximum absolute atomic E-state index is 13.4. The summed E-state index contributed by atoms with van der Waals surface area (Å²) >= 11 is 0. The van der Waals surface area contributed by atoms with Gasteiger partial charge in [-0.3, -0.25) is 9.78 Å². The van der Waals surface area contributed by atoms with Gasteiger partial charge in [0.1, 0.15) is 6.61 Å². The van der Waals surface area contributed by atoms with E-state index in [1.165, 1.54) is 12.3 Å². The number of hydrogen-bond acceptors (Lipinski definition) is 3. The Hall–Kier alpha value is -2.71. The zero-order chi connectivity index (χ0) is 15.1. The molecular formula is C16H13FN2O2. The second kappa shape index (κ2) is 7.17. The predicted molar refractivity (Wildman–Crippen MR) is 75.8 cm³/mol. The first kappa shape index (κ1) is 14.7. The van der Waals surface area contributed by atoms with Crippen LogP contribution in [0.15, 0.2) is 42.7 Å². The molecule has 0 saturated carbocycles. The van der Waals surface area contributed by atoms with Crippen molar-refractivity contribution in [3.63, 3.8) is 0 Å². The van der Waals surface area contributed by atoms with Crippen molar-refractivity contribution in [2.75, 3.05) is 6.61 Å². The van der Waals surface area contributed by atoms with Crippen LogP contribution in [0, 0.1) is 17.7 Å². The molecule has 0 aliphatic rings. The van der Waals surface area contributed by atoms with Gasteiger partial charge in [-0.05, 0) is 23.8 Å². The highest BCUT2D eigenvalue weighted by molar-refractivity contribution is 5.94. The van der Waals surface area contributed by atoms with Crippen LogP contribution in [0.4, 0.5) is 4.39 Å². The van der Waals surface area contributed by atoms with Gasteiger partial charge in [-0.1, -0.05) is 24.0 Å². The third-order valence-electron chi connectivity index (χ3n) is 2.74. The van der Waals surface area contributed by atoms with Crippen molar-refractivity contribution in [3.8, 4) is 11.8 Å². The molecule has 1 aromatic heterocycles. The number of halogens is 1. The number of aliphatic hydroxyl groups excluding tert-OH is 1. The van der Waals surface area contributed by atoms with Crippen molar-refractivity contribution in [2.24, 2.45) is 0 Å². The van der Waals surface area contributed by atoms with E-state index in [9.17, 15) is 9.18 Å². The quantitative estimate of drug-likeness (QED) is 0.840. The smallest absolute Gasteiger partial charge is 0.254 e. The summed E-state index contributed by atoms with van der Waals surface area (Å²) in [6.45, 7) is 0.101. The van der Waals surface area contributed by atoms with Crippen LogP contribution in [0.25, 0.3) is 0 Å². The molecule has 0 bridgehead atoms. The van der Waals surface area contributed by atoms with Crippen LogP contribution in [-0.2, 0) is 6.54 Å². The molecule has 5 heteroatoms. The average molecular weight is 284 g/mol. The standard InChI is InChI=1S/C16H13FN2O2/c17-15-11-18-8-7-14(15)16(21)19-10-13-5-3-12(4-6-13)2-1-9-20/h3-8,11,20H,9-10H2,(H,19,21). The lowest BCUT2D eigenvalue weighted by atomic mass is 10.1. The molecule has 2 aromatic rings. The minimum atomic E-state index is -0.648. The predicted octanol–water partition coefficient (Wildman–Crippen LogP) is 1.49. The van der Waals surface area contributed by atoms with E-state index in [-0.39, 0.29) is 18.7 Å². The third kappa shape index (κ3) is 4.13. The summed E-state index contributed by atoms with van der Waals surface area (Å²) in [5.41, 5.74) is 1.61. The lowest BCUT2D eigenvalue weighted by Gasteiger charge is -2.06. The molecule has 0 radical (unpaired) electrons. The van der Waals surface area contributed by atoms with Crippen LogP contribution in [0.2, 0.25) is 0 Å². The Kier molecular flexibility index (Phi) is 5.02. The Bertz CT molecular complexity index is 687. The largest absolute Gasteiger partial charge is 0.384 e. The van der Waals surface area contributed by atoms with Gasteiger partial charge >= 0.3 is 0 Å². The zero-order valence-electron chi connectivity index (χ0n) is 11.1. The SMILES string of the molecule is O=C(NCc1ccc(C#CCO)cc1)c1ccncc1F. The van der Waals surface area contributed by atoms with Crippen LogP contribution in [0.3, 0.4) is 0 Å². The Balaban J connectivity index is 1.97. The van der Waals surface area contributed by atoms with Gasteiger partial charge in [0.2, 0.25) is 0 Å². The van der Waals surface area contributed by atoms with Gasteiger partial charge in [0, 0.05) is 18.3 Å². The van der Waals surface area contributed by atoms with Gasteiger partial charge in [0.25, 0.3) is 5.91 Å². The summed E-state index contributed by atoms with van der Waals surface area (Å²) in [7, 11) is 0. The molecule has 0 aliphatic carbocycles. The normalized spacial score (nSPS) is 9.62. The molecule has 2 N–H and O–H groups in total. The summed E-state index contributed by atoms with van der Waals surface area (Å²) < 4.78 is 13.4. The molecule has 0 spiro atoms. The number of aliphatic hydroxyl groups is 1. The van der Waals surface area contributed by atoms with E-state index in [4.69, 9.17) is 5.11 Å².